The van der Waals surface area contributed by atoms with E-state index in [2.05, 4.69) is 38.0 Å². The Morgan fingerprint density at radius 3 is 2.53 bits per heavy atom. The number of halogens is 3. The molecule has 5 atom stereocenters. The van der Waals surface area contributed by atoms with E-state index in [9.17, 15) is 38.3 Å². The van der Waals surface area contributed by atoms with Crippen LogP contribution in [-0.4, -0.2) is 152 Å². The molecule has 0 spiro atoms. The summed E-state index contributed by atoms with van der Waals surface area (Å²) in [6.45, 7) is 4.86. The summed E-state index contributed by atoms with van der Waals surface area (Å²) in [5.74, 6) is -1.38. The zero-order valence-corrected chi connectivity index (χ0v) is 49.0. The average Bonchev–Trinajstić information content (AvgIpc) is 1.68. The molecule has 24 nitrogen and oxygen atoms in total. The molecule has 0 aliphatic carbocycles. The summed E-state index contributed by atoms with van der Waals surface area (Å²) in [5, 5.41) is 17.2. The first-order chi connectivity index (χ1) is 43.9. The van der Waals surface area contributed by atoms with Crippen molar-refractivity contribution in [1.29, 1.82) is 0 Å². The number of phenols is 1. The van der Waals surface area contributed by atoms with E-state index < -0.39 is 96.2 Å². The molecule has 3 amide bonds. The summed E-state index contributed by atoms with van der Waals surface area (Å²) in [4.78, 5) is 106. The highest BCUT2D eigenvalue weighted by Crippen LogP contribution is 2.47. The third kappa shape index (κ3) is 9.77. The van der Waals surface area contributed by atoms with Crippen LogP contribution in [0.2, 0.25) is 0 Å². The number of nitrogens with two attached hydrogens (primary N) is 1. The Balaban J connectivity index is 0.664. The van der Waals surface area contributed by atoms with Gasteiger partial charge in [0.05, 0.1) is 64.1 Å². The topological polar surface area (TPSA) is 294 Å². The molecule has 5 unspecified atom stereocenters. The number of pyridine rings is 3. The summed E-state index contributed by atoms with van der Waals surface area (Å²) in [7, 11) is 0. The van der Waals surface area contributed by atoms with Crippen LogP contribution in [0.15, 0.2) is 65.6 Å². The predicted octanol–water partition coefficient (Wildman–Crippen LogP) is 5.18. The van der Waals surface area contributed by atoms with Crippen molar-refractivity contribution in [2.24, 2.45) is 5.73 Å². The zero-order valence-electron chi connectivity index (χ0n) is 49.0. The van der Waals surface area contributed by atoms with Gasteiger partial charge in [-0.3, -0.25) is 29.1 Å². The number of esters is 2. The average molecular weight is 1250 g/mol. The Morgan fingerprint density at radius 1 is 0.967 bits per heavy atom. The Labute approximate surface area is 515 Å². The molecule has 91 heavy (non-hydrogen) atoms. The summed E-state index contributed by atoms with van der Waals surface area (Å²) >= 11 is 0. The molecule has 7 aliphatic rings. The van der Waals surface area contributed by atoms with Crippen LogP contribution < -0.4 is 41.0 Å². The van der Waals surface area contributed by atoms with Crippen molar-refractivity contribution < 1.29 is 70.7 Å². The first kappa shape index (κ1) is 58.6. The van der Waals surface area contributed by atoms with E-state index in [0.29, 0.717) is 76.1 Å². The molecule has 7 aliphatic heterocycles. The van der Waals surface area contributed by atoms with Crippen molar-refractivity contribution in [2.75, 3.05) is 64.2 Å². The van der Waals surface area contributed by atoms with Gasteiger partial charge in [0.1, 0.15) is 61.1 Å². The minimum absolute atomic E-state index is 0.00340. The number of benzene rings is 3. The minimum Gasteiger partial charge on any atom is -0.508 e. The second-order valence-corrected chi connectivity index (χ2v) is 23.7. The summed E-state index contributed by atoms with van der Waals surface area (Å²) in [6, 6.07) is 9.13. The molecule has 3 aromatic carbocycles. The number of rotatable bonds is 15. The molecule has 27 heteroatoms. The van der Waals surface area contributed by atoms with Crippen molar-refractivity contribution in [3.05, 3.63) is 111 Å². The molecule has 4 fully saturated rings. The number of aromatic nitrogens is 5. The summed E-state index contributed by atoms with van der Waals surface area (Å²) in [5.41, 5.74) is 4.13. The predicted molar refractivity (Wildman–Crippen MR) is 318 cm³/mol. The molecular formula is C64H58F3N11O13. The number of anilines is 1. The van der Waals surface area contributed by atoms with Gasteiger partial charge in [0.2, 0.25) is 18.3 Å². The smallest absolute Gasteiger partial charge is 0.407 e. The van der Waals surface area contributed by atoms with Crippen LogP contribution in [0.1, 0.15) is 73.3 Å². The number of hydrogen-bond acceptors (Lipinski definition) is 20. The number of carbonyl (C=O) groups excluding carboxylic acids is 5. The molecule has 2 bridgehead atoms. The van der Waals surface area contributed by atoms with Crippen molar-refractivity contribution in [1.82, 2.24) is 44.9 Å². The van der Waals surface area contributed by atoms with Gasteiger partial charge in [0, 0.05) is 77.9 Å². The van der Waals surface area contributed by atoms with Crippen LogP contribution in [0, 0.1) is 24.0 Å². The van der Waals surface area contributed by atoms with E-state index in [-0.39, 0.29) is 133 Å². The van der Waals surface area contributed by atoms with Gasteiger partial charge in [0.25, 0.3) is 11.5 Å². The Kier molecular flexibility index (Phi) is 14.5. The number of terminal acetylenes is 1. The van der Waals surface area contributed by atoms with Gasteiger partial charge < -0.3 is 64.3 Å². The molecular weight excluding hydrogens is 1190 g/mol. The Bertz CT molecular complexity index is 4450. The highest BCUT2D eigenvalue weighted by molar-refractivity contribution is 6.03. The normalized spacial score (nSPS) is 21.7. The molecule has 14 rings (SSSR count). The second kappa shape index (κ2) is 22.5. The van der Waals surface area contributed by atoms with Crippen LogP contribution in [-0.2, 0) is 58.7 Å². The van der Waals surface area contributed by atoms with E-state index in [4.69, 9.17) is 50.5 Å². The molecule has 4 saturated heterocycles. The maximum Gasteiger partial charge on any atom is 0.407 e. The highest BCUT2D eigenvalue weighted by Gasteiger charge is 2.52. The van der Waals surface area contributed by atoms with Gasteiger partial charge in [-0.15, -0.1) is 6.42 Å². The van der Waals surface area contributed by atoms with Crippen LogP contribution >= 0.6 is 0 Å². The number of ether oxygens (including phenoxy) is 6. The fourth-order valence-corrected chi connectivity index (χ4v) is 14.3. The van der Waals surface area contributed by atoms with Crippen molar-refractivity contribution in [3.63, 3.8) is 0 Å². The highest BCUT2D eigenvalue weighted by atomic mass is 19.1. The lowest BCUT2D eigenvalue weighted by Crippen LogP contribution is -2.56. The first-order valence-corrected chi connectivity index (χ1v) is 29.7. The van der Waals surface area contributed by atoms with Gasteiger partial charge in [-0.2, -0.15) is 9.97 Å². The number of cyclic esters (lactones) is 1. The summed E-state index contributed by atoms with van der Waals surface area (Å²) in [6.07, 6.45) is 7.66. The monoisotopic (exact) mass is 1250 g/mol. The Hall–Kier alpha value is -10.1. The van der Waals surface area contributed by atoms with Gasteiger partial charge in [-0.1, -0.05) is 25.5 Å². The maximum atomic E-state index is 17.4. The number of phenolic OH excluding ortho intramolecular Hbond substituents is 1. The number of alkyl carbamates (subject to hydrolysis) is 1. The lowest BCUT2D eigenvalue weighted by atomic mass is 9.85. The number of amides is 3. The van der Waals surface area contributed by atoms with Crippen LogP contribution in [0.3, 0.4) is 0 Å². The van der Waals surface area contributed by atoms with Gasteiger partial charge >= 0.3 is 24.0 Å². The van der Waals surface area contributed by atoms with Gasteiger partial charge in [-0.05, 0) is 79.9 Å². The zero-order chi connectivity index (χ0) is 63.4. The maximum absolute atomic E-state index is 17.4. The number of nitrogens with one attached hydrogen (secondary N) is 2. The summed E-state index contributed by atoms with van der Waals surface area (Å²) < 4.78 is 83.3. The van der Waals surface area contributed by atoms with E-state index in [1.54, 1.807) is 30.0 Å². The number of fused-ring (bicyclic) bond motifs is 11. The number of aromatic hydroxyl groups is 1. The van der Waals surface area contributed by atoms with Crippen LogP contribution in [0.5, 0.6) is 23.3 Å². The lowest BCUT2D eigenvalue weighted by molar-refractivity contribution is -0.188. The number of alkyl halides is 1. The van der Waals surface area contributed by atoms with E-state index in [1.165, 1.54) is 29.0 Å². The fourth-order valence-electron chi connectivity index (χ4n) is 14.3. The molecule has 7 aromatic rings. The SMILES string of the molecule is C#Cc1c(F)ccc2cc(O)cc(-c3ncc4c(N5CC6CCC(C5)N6C(=O)C(=C)COC(=O)NCC(=O)OC5(CC)C(=O)OCc6c5cc5n(c6=O)Cc6c-5nc5cc7c(cc5c6CNC(=O)CN)OCO7)nc(OCC56CCCN5CC(F)C6)nc4c3F)c12. The van der Waals surface area contributed by atoms with Gasteiger partial charge in [-0.25, -0.2) is 27.7 Å². The fraction of sp³-hybridized carbons (Fsp3) is 0.375. The van der Waals surface area contributed by atoms with E-state index >= 15 is 8.78 Å². The molecule has 468 valence electrons. The van der Waals surface area contributed by atoms with Crippen molar-refractivity contribution in [2.45, 2.75) is 94.5 Å². The van der Waals surface area contributed by atoms with Crippen LogP contribution in [0.4, 0.5) is 23.8 Å². The van der Waals surface area contributed by atoms with E-state index in [0.717, 1.165) is 12.5 Å². The van der Waals surface area contributed by atoms with Crippen LogP contribution in [0.25, 0.3) is 55.2 Å². The number of nitrogens with zero attached hydrogens (tertiary/aromatic N) is 8. The van der Waals surface area contributed by atoms with Crippen molar-refractivity contribution >= 4 is 68.2 Å². The third-order valence-corrected chi connectivity index (χ3v) is 18.6. The van der Waals surface area contributed by atoms with E-state index in [1.807, 2.05) is 4.90 Å². The molecule has 4 aromatic heterocycles. The minimum atomic E-state index is -2.14. The molecule has 5 N–H and O–H groups in total. The molecule has 0 radical (unpaired) electrons. The number of piperazine rings is 1. The quantitative estimate of drug-likeness (QED) is 0.0445. The third-order valence-electron chi connectivity index (χ3n) is 18.6. The Morgan fingerprint density at radius 2 is 1.76 bits per heavy atom. The first-order valence-electron chi connectivity index (χ1n) is 29.7. The molecule has 0 saturated carbocycles. The largest absolute Gasteiger partial charge is 0.508 e. The van der Waals surface area contributed by atoms with Gasteiger partial charge in [0.15, 0.2) is 17.3 Å². The number of carbonyl (C=O) groups is 5. The lowest BCUT2D eigenvalue weighted by Gasteiger charge is -2.42. The number of hydrogen-bond donors (Lipinski definition) is 4. The second-order valence-electron chi connectivity index (χ2n) is 23.7. The van der Waals surface area contributed by atoms with Crippen molar-refractivity contribution in [3.8, 4) is 58.2 Å². The molecule has 11 heterocycles. The standard InChI is InChI=1S/C64H58F3N11O13/c1-4-37-45(66)10-7-32-13-36(79)14-39(52(32)37)55-53(67)56-41(21-70-55)57(74-61(73-56)88-29-63-11-6-12-76(63)23-33(65)18-63)75-24-34-8-9-35(25-75)78(34)58(82)31(3)27-87-62(85)71-22-51(81)91-64(5-2)44-16-47-54-42(26-77(47)59(83)43(44)28-86-60(64)84)40(20-69-50(80)19-68)38-15-48-49(90-30-89-48)17-46(38)72-54/h1,7,10,13-17,21,33-35,79H,3,5-6,8-9,11-12,18-20,22-30,68H2,2H3,(H,69,80)(H,71,85).